The van der Waals surface area contributed by atoms with E-state index in [0.717, 1.165) is 6.33 Å². The predicted molar refractivity (Wildman–Crippen MR) is 146 cm³/mol. The van der Waals surface area contributed by atoms with E-state index in [0.29, 0.717) is 0 Å². The summed E-state index contributed by atoms with van der Waals surface area (Å²) in [6.45, 7) is -5.66. The van der Waals surface area contributed by atoms with Crippen LogP contribution in [-0.2, 0) is 54.6 Å². The van der Waals surface area contributed by atoms with Crippen LogP contribution in [0.2, 0.25) is 0 Å². The molecule has 4 aromatic heterocycles. The number of imidazole rings is 2. The van der Waals surface area contributed by atoms with Gasteiger partial charge in [0.15, 0.2) is 53.8 Å². The van der Waals surface area contributed by atoms with Crippen LogP contribution in [0.3, 0.4) is 0 Å². The largest absolute Gasteiger partial charge is 0.382 e. The van der Waals surface area contributed by atoms with Crippen molar-refractivity contribution in [2.75, 3.05) is 24.6 Å². The van der Waals surface area contributed by atoms with Gasteiger partial charge < -0.3 is 30.4 Å². The minimum absolute atomic E-state index is 0.0487. The summed E-state index contributed by atoms with van der Waals surface area (Å²) < 4.78 is 75.8. The number of ether oxygens (including phenoxy) is 2. The SMILES string of the molecule is Nc1ncnc2c1ncn2[C@@H]1O[C@@H]2CNS(=O)(=O)O[C@H]3[C@H]4OO[C@]3(COP(O)(=S)O[C@H]2[C@H]1F)O[C@H]4n1cnc2c(N)ncnc21. The fourth-order valence-electron chi connectivity index (χ4n) is 5.55. The first-order valence-corrected chi connectivity index (χ1v) is 17.0. The number of halogens is 1. The van der Waals surface area contributed by atoms with Crippen molar-refractivity contribution in [3.8, 4) is 0 Å². The molecule has 8 rings (SSSR count). The summed E-state index contributed by atoms with van der Waals surface area (Å²) in [5, 5.41) is 0. The maximum Gasteiger partial charge on any atom is 0.336 e. The van der Waals surface area contributed by atoms with Crippen LogP contribution >= 0.6 is 6.72 Å². The van der Waals surface area contributed by atoms with Crippen LogP contribution in [0.5, 0.6) is 0 Å². The van der Waals surface area contributed by atoms with Crippen molar-refractivity contribution >= 4 is 62.8 Å². The molecule has 0 spiro atoms. The summed E-state index contributed by atoms with van der Waals surface area (Å²) in [6.07, 6.45) is -5.42. The number of alkyl halides is 1. The van der Waals surface area contributed by atoms with E-state index in [2.05, 4.69) is 34.6 Å². The van der Waals surface area contributed by atoms with E-state index in [1.54, 1.807) is 0 Å². The van der Waals surface area contributed by atoms with Gasteiger partial charge in [-0.25, -0.2) is 43.4 Å². The molecule has 0 aliphatic carbocycles. The zero-order valence-electron chi connectivity index (χ0n) is 22.3. The van der Waals surface area contributed by atoms with E-state index >= 15 is 4.39 Å². The Morgan fingerprint density at radius 2 is 1.67 bits per heavy atom. The van der Waals surface area contributed by atoms with E-state index in [-0.39, 0.29) is 34.0 Å². The molecule has 0 aromatic carbocycles. The number of aromatic nitrogens is 8. The first-order chi connectivity index (χ1) is 21.5. The molecule has 4 fully saturated rings. The average molecular weight is 690 g/mol. The van der Waals surface area contributed by atoms with Gasteiger partial charge in [-0.3, -0.25) is 13.7 Å². The van der Waals surface area contributed by atoms with Crippen molar-refractivity contribution in [1.82, 2.24) is 43.8 Å². The molecular weight excluding hydrogens is 668 g/mol. The van der Waals surface area contributed by atoms with E-state index in [1.165, 1.54) is 28.1 Å². The number of anilines is 2. The van der Waals surface area contributed by atoms with Crippen molar-refractivity contribution in [3.05, 3.63) is 25.3 Å². The molecule has 0 saturated carbocycles. The zero-order valence-corrected chi connectivity index (χ0v) is 24.8. The van der Waals surface area contributed by atoms with E-state index in [1.807, 2.05) is 0 Å². The molecule has 0 radical (unpaired) electrons. The lowest BCUT2D eigenvalue weighted by Crippen LogP contribution is -2.49. The number of hydrogen-bond donors (Lipinski definition) is 4. The molecule has 4 aromatic rings. The van der Waals surface area contributed by atoms with Crippen molar-refractivity contribution < 1.29 is 50.2 Å². The van der Waals surface area contributed by atoms with Crippen molar-refractivity contribution in [3.63, 3.8) is 0 Å². The Kier molecular flexibility index (Phi) is 6.63. The topological polar surface area (TPSA) is 270 Å². The molecule has 1 unspecified atom stereocenters. The maximum atomic E-state index is 16.0. The highest BCUT2D eigenvalue weighted by atomic mass is 32.5. The van der Waals surface area contributed by atoms with Gasteiger partial charge in [-0.05, 0) is 11.8 Å². The lowest BCUT2D eigenvalue weighted by molar-refractivity contribution is -0.452. The van der Waals surface area contributed by atoms with Gasteiger partial charge in [-0.1, -0.05) is 0 Å². The number of nitrogens with two attached hydrogens (primary N) is 2. The predicted octanol–water partition coefficient (Wildman–Crippen LogP) is -1.53. The fourth-order valence-corrected chi connectivity index (χ4v) is 7.94. The van der Waals surface area contributed by atoms with Gasteiger partial charge in [0.1, 0.15) is 42.5 Å². The third-order valence-corrected chi connectivity index (χ3v) is 10.1. The Hall–Kier alpha value is -3.13. The van der Waals surface area contributed by atoms with Crippen molar-refractivity contribution in [2.45, 2.75) is 48.8 Å². The van der Waals surface area contributed by atoms with Gasteiger partial charge in [-0.2, -0.15) is 18.0 Å². The average Bonchev–Trinajstić information content (AvgIpc) is 3.80. The van der Waals surface area contributed by atoms with Crippen LogP contribution in [0.1, 0.15) is 12.5 Å². The third kappa shape index (κ3) is 4.68. The summed E-state index contributed by atoms with van der Waals surface area (Å²) >= 11 is 5.20. The molecule has 21 nitrogen and oxygen atoms in total. The highest BCUT2D eigenvalue weighted by molar-refractivity contribution is 8.07. The Balaban J connectivity index is 1.10. The second-order valence-corrected chi connectivity index (χ2v) is 14.5. The first-order valence-electron chi connectivity index (χ1n) is 13.0. The molecule has 4 aliphatic heterocycles. The van der Waals surface area contributed by atoms with Gasteiger partial charge in [0.25, 0.3) is 5.79 Å². The maximum absolute atomic E-state index is 16.0. The number of nitrogen functional groups attached to an aromatic ring is 2. The summed E-state index contributed by atoms with van der Waals surface area (Å²) in [5.74, 6) is -1.96. The lowest BCUT2D eigenvalue weighted by Gasteiger charge is -2.32. The first kappa shape index (κ1) is 29.3. The molecule has 4 aliphatic rings. The molecule has 2 bridgehead atoms. The van der Waals surface area contributed by atoms with Crippen LogP contribution < -0.4 is 16.2 Å². The van der Waals surface area contributed by atoms with Crippen LogP contribution in [0, 0.1) is 0 Å². The van der Waals surface area contributed by atoms with Crippen molar-refractivity contribution in [2.24, 2.45) is 0 Å². The molecule has 9 atom stereocenters. The number of rotatable bonds is 2. The molecule has 6 N–H and O–H groups in total. The second kappa shape index (κ2) is 10.2. The standard InChI is InChI=1S/C20H21FN11O10PS2/c21-8-11-7(37-18(8)31-5-28-9-14(22)24-3-26-16(9)31)1-30-45(34,35)41-13-12-19(32-6-29-10-15(23)25-4-27-17(10)32)38-20(13,42-39-12)2-36-43(33,44)40-11/h3-8,11-13,18-19,30H,1-2H2,(H,33,44)(H2,22,24,26)(H2,23,25,27)/t7-,8-,11-,12-,13+,18-,19-,20+,43?/m1/s1. The molecule has 240 valence electrons. The zero-order chi connectivity index (χ0) is 31.3. The Labute approximate surface area is 255 Å². The third-order valence-electron chi connectivity index (χ3n) is 7.60. The Bertz CT molecular complexity index is 1990. The summed E-state index contributed by atoms with van der Waals surface area (Å²) in [4.78, 5) is 46.1. The summed E-state index contributed by atoms with van der Waals surface area (Å²) in [7, 11) is -4.64. The van der Waals surface area contributed by atoms with Crippen LogP contribution in [-0.4, -0.2) is 102 Å². The van der Waals surface area contributed by atoms with Gasteiger partial charge in [0.2, 0.25) is 0 Å². The lowest BCUT2D eigenvalue weighted by atomic mass is 10.1. The highest BCUT2D eigenvalue weighted by Gasteiger charge is 2.68. The molecule has 4 saturated heterocycles. The normalized spacial score (nSPS) is 38.1. The monoisotopic (exact) mass is 689 g/mol. The van der Waals surface area contributed by atoms with Crippen LogP contribution in [0.25, 0.3) is 22.3 Å². The Morgan fingerprint density at radius 3 is 2.33 bits per heavy atom. The van der Waals surface area contributed by atoms with Crippen molar-refractivity contribution in [1.29, 1.82) is 0 Å². The molecule has 0 amide bonds. The smallest absolute Gasteiger partial charge is 0.336 e. The number of hydrogen-bond acceptors (Lipinski definition) is 18. The molecule has 25 heteroatoms. The van der Waals surface area contributed by atoms with Gasteiger partial charge in [0, 0.05) is 6.54 Å². The van der Waals surface area contributed by atoms with E-state index in [4.69, 9.17) is 55.8 Å². The van der Waals surface area contributed by atoms with Crippen LogP contribution in [0.15, 0.2) is 25.3 Å². The quantitative estimate of drug-likeness (QED) is 0.137. The van der Waals surface area contributed by atoms with E-state index < -0.39 is 79.0 Å². The fraction of sp³-hybridized carbons (Fsp3) is 0.500. The minimum atomic E-state index is -4.64. The second-order valence-electron chi connectivity index (χ2n) is 10.3. The summed E-state index contributed by atoms with van der Waals surface area (Å²) in [6, 6.07) is 0. The number of fused-ring (bicyclic) bond motifs is 3. The van der Waals surface area contributed by atoms with Gasteiger partial charge >= 0.3 is 17.0 Å². The summed E-state index contributed by atoms with van der Waals surface area (Å²) in [5.41, 5.74) is 12.5. The van der Waals surface area contributed by atoms with Crippen LogP contribution in [0.4, 0.5) is 16.0 Å². The molecular formula is C20H21FN11O10PS2. The number of nitrogens with zero attached hydrogens (tertiary/aromatic N) is 8. The van der Waals surface area contributed by atoms with E-state index in [9.17, 15) is 13.3 Å². The molecule has 45 heavy (non-hydrogen) atoms. The number of nitrogens with one attached hydrogen (secondary N) is 1. The van der Waals surface area contributed by atoms with Gasteiger partial charge in [0.05, 0.1) is 12.7 Å². The minimum Gasteiger partial charge on any atom is -0.382 e. The van der Waals surface area contributed by atoms with Gasteiger partial charge in [-0.15, -0.1) is 0 Å². The Morgan fingerprint density at radius 1 is 1.02 bits per heavy atom. The molecule has 8 heterocycles. The highest BCUT2D eigenvalue weighted by Crippen LogP contribution is 2.54.